The summed E-state index contributed by atoms with van der Waals surface area (Å²) < 4.78 is 22.0. The molecule has 4 atom stereocenters. The Bertz CT molecular complexity index is 352. The van der Waals surface area contributed by atoms with Crippen molar-refractivity contribution in [3.8, 4) is 0 Å². The number of sulfone groups is 1. The van der Waals surface area contributed by atoms with E-state index in [1.54, 1.807) is 0 Å². The van der Waals surface area contributed by atoms with Gasteiger partial charge in [0.05, 0.1) is 5.75 Å². The molecule has 0 radical (unpaired) electrons. The maximum absolute atomic E-state index is 11.0. The van der Waals surface area contributed by atoms with Crippen LogP contribution >= 0.6 is 0 Å². The van der Waals surface area contributed by atoms with Gasteiger partial charge in [0.2, 0.25) is 0 Å². The second-order valence-corrected chi connectivity index (χ2v) is 8.32. The Balaban J connectivity index is 1.66. The molecule has 1 N–H and O–H groups in total. The van der Waals surface area contributed by atoms with E-state index in [4.69, 9.17) is 0 Å². The second kappa shape index (κ2) is 5.27. The van der Waals surface area contributed by atoms with Crippen molar-refractivity contribution in [1.29, 1.82) is 0 Å². The lowest BCUT2D eigenvalue weighted by Gasteiger charge is -2.28. The molecule has 0 aromatic rings. The Labute approximate surface area is 105 Å². The molecule has 4 unspecified atom stereocenters. The Morgan fingerprint density at radius 1 is 1.29 bits per heavy atom. The van der Waals surface area contributed by atoms with E-state index in [2.05, 4.69) is 12.2 Å². The van der Waals surface area contributed by atoms with Crippen LogP contribution in [0.3, 0.4) is 0 Å². The van der Waals surface area contributed by atoms with Crippen molar-refractivity contribution in [2.45, 2.75) is 45.1 Å². The quantitative estimate of drug-likeness (QED) is 0.740. The molecule has 0 saturated heterocycles. The fourth-order valence-corrected chi connectivity index (χ4v) is 4.39. The van der Waals surface area contributed by atoms with Gasteiger partial charge in [-0.3, -0.25) is 0 Å². The monoisotopic (exact) mass is 259 g/mol. The van der Waals surface area contributed by atoms with E-state index in [1.807, 2.05) is 0 Å². The molecule has 0 heterocycles. The van der Waals surface area contributed by atoms with Gasteiger partial charge < -0.3 is 5.32 Å². The summed E-state index contributed by atoms with van der Waals surface area (Å²) in [5.74, 6) is 3.08. The van der Waals surface area contributed by atoms with Gasteiger partial charge in [-0.2, -0.15) is 0 Å². The highest BCUT2D eigenvalue weighted by Crippen LogP contribution is 2.49. The number of rotatable bonds is 6. The molecule has 2 aliphatic carbocycles. The fourth-order valence-electron chi connectivity index (χ4n) is 3.72. The summed E-state index contributed by atoms with van der Waals surface area (Å²) >= 11 is 0. The molecular weight excluding hydrogens is 234 g/mol. The third-order valence-electron chi connectivity index (χ3n) is 4.59. The largest absolute Gasteiger partial charge is 0.314 e. The Kier molecular flexibility index (Phi) is 4.14. The SMILES string of the molecule is CC(NCCCS(C)(=O)=O)C1CC2CCC1C2. The summed E-state index contributed by atoms with van der Waals surface area (Å²) in [5.41, 5.74) is 0. The fraction of sp³-hybridized carbons (Fsp3) is 1.00. The van der Waals surface area contributed by atoms with Crippen LogP contribution in [0.1, 0.15) is 39.0 Å². The van der Waals surface area contributed by atoms with E-state index in [-0.39, 0.29) is 0 Å². The lowest BCUT2D eigenvalue weighted by atomic mass is 9.84. The number of hydrogen-bond donors (Lipinski definition) is 1. The highest BCUT2D eigenvalue weighted by Gasteiger charge is 2.41. The molecular formula is C13H25NO2S. The van der Waals surface area contributed by atoms with Crippen molar-refractivity contribution in [3.05, 3.63) is 0 Å². The summed E-state index contributed by atoms with van der Waals surface area (Å²) in [4.78, 5) is 0. The maximum Gasteiger partial charge on any atom is 0.147 e. The van der Waals surface area contributed by atoms with Gasteiger partial charge in [0, 0.05) is 12.3 Å². The van der Waals surface area contributed by atoms with Crippen LogP contribution < -0.4 is 5.32 Å². The predicted molar refractivity (Wildman–Crippen MR) is 70.7 cm³/mol. The molecule has 0 amide bonds. The number of fused-ring (bicyclic) bond motifs is 2. The van der Waals surface area contributed by atoms with Gasteiger partial charge in [0.1, 0.15) is 9.84 Å². The van der Waals surface area contributed by atoms with E-state index in [9.17, 15) is 8.42 Å². The molecule has 0 aromatic heterocycles. The van der Waals surface area contributed by atoms with Crippen LogP contribution in [0.2, 0.25) is 0 Å². The predicted octanol–water partition coefficient (Wildman–Crippen LogP) is 1.84. The van der Waals surface area contributed by atoms with Crippen LogP contribution in [-0.2, 0) is 9.84 Å². The second-order valence-electron chi connectivity index (χ2n) is 6.06. The van der Waals surface area contributed by atoms with Crippen molar-refractivity contribution < 1.29 is 8.42 Å². The molecule has 100 valence electrons. The van der Waals surface area contributed by atoms with Gasteiger partial charge in [-0.15, -0.1) is 0 Å². The molecule has 2 aliphatic rings. The summed E-state index contributed by atoms with van der Waals surface area (Å²) in [5, 5.41) is 3.52. The maximum atomic E-state index is 11.0. The first-order valence-corrected chi connectivity index (χ1v) is 8.93. The molecule has 2 fully saturated rings. The normalized spacial score (nSPS) is 34.1. The third kappa shape index (κ3) is 3.68. The number of nitrogens with one attached hydrogen (secondary N) is 1. The first-order valence-electron chi connectivity index (χ1n) is 6.87. The van der Waals surface area contributed by atoms with Gasteiger partial charge in [-0.05, 0) is 56.9 Å². The van der Waals surface area contributed by atoms with Gasteiger partial charge in [-0.25, -0.2) is 8.42 Å². The van der Waals surface area contributed by atoms with Crippen molar-refractivity contribution in [3.63, 3.8) is 0 Å². The molecule has 2 bridgehead atoms. The van der Waals surface area contributed by atoms with Crippen LogP contribution in [0, 0.1) is 17.8 Å². The third-order valence-corrected chi connectivity index (χ3v) is 5.62. The van der Waals surface area contributed by atoms with E-state index in [0.29, 0.717) is 11.8 Å². The summed E-state index contributed by atoms with van der Waals surface area (Å²) in [6.07, 6.45) is 7.76. The van der Waals surface area contributed by atoms with E-state index >= 15 is 0 Å². The molecule has 0 aliphatic heterocycles. The molecule has 0 aromatic carbocycles. The van der Waals surface area contributed by atoms with Gasteiger partial charge in [-0.1, -0.05) is 6.42 Å². The lowest BCUT2D eigenvalue weighted by Crippen LogP contribution is -2.37. The Morgan fingerprint density at radius 2 is 2.06 bits per heavy atom. The van der Waals surface area contributed by atoms with Crippen LogP contribution in [0.15, 0.2) is 0 Å². The topological polar surface area (TPSA) is 46.2 Å². The van der Waals surface area contributed by atoms with Crippen LogP contribution in [-0.4, -0.2) is 33.0 Å². The van der Waals surface area contributed by atoms with E-state index < -0.39 is 9.84 Å². The molecule has 17 heavy (non-hydrogen) atoms. The smallest absolute Gasteiger partial charge is 0.147 e. The minimum Gasteiger partial charge on any atom is -0.314 e. The lowest BCUT2D eigenvalue weighted by molar-refractivity contribution is 0.261. The van der Waals surface area contributed by atoms with Crippen molar-refractivity contribution >= 4 is 9.84 Å². The average Bonchev–Trinajstić information content (AvgIpc) is 2.84. The van der Waals surface area contributed by atoms with E-state index in [0.717, 1.165) is 30.7 Å². The molecule has 2 rings (SSSR count). The van der Waals surface area contributed by atoms with Crippen molar-refractivity contribution in [2.75, 3.05) is 18.6 Å². The summed E-state index contributed by atoms with van der Waals surface area (Å²) in [6, 6.07) is 0.560. The Morgan fingerprint density at radius 3 is 2.59 bits per heavy atom. The number of hydrogen-bond acceptors (Lipinski definition) is 3. The zero-order chi connectivity index (χ0) is 12.5. The van der Waals surface area contributed by atoms with Gasteiger partial charge >= 0.3 is 0 Å². The van der Waals surface area contributed by atoms with Crippen molar-refractivity contribution in [1.82, 2.24) is 5.32 Å². The first-order chi connectivity index (χ1) is 7.96. The highest BCUT2D eigenvalue weighted by molar-refractivity contribution is 7.90. The minimum atomic E-state index is -2.79. The zero-order valence-corrected chi connectivity index (χ0v) is 11.8. The molecule has 0 spiro atoms. The standard InChI is InChI=1S/C13H25NO2S/c1-10(14-6-3-7-17(2,15)16)13-9-11-4-5-12(13)8-11/h10-14H,3-9H2,1-2H3. The minimum absolute atomic E-state index is 0.309. The van der Waals surface area contributed by atoms with Gasteiger partial charge in [0.25, 0.3) is 0 Å². The zero-order valence-electron chi connectivity index (χ0n) is 11.0. The molecule has 4 heteroatoms. The average molecular weight is 259 g/mol. The van der Waals surface area contributed by atoms with Crippen LogP contribution in [0.25, 0.3) is 0 Å². The van der Waals surface area contributed by atoms with Crippen molar-refractivity contribution in [2.24, 2.45) is 17.8 Å². The first kappa shape index (κ1) is 13.3. The summed E-state index contributed by atoms with van der Waals surface area (Å²) in [7, 11) is -2.79. The van der Waals surface area contributed by atoms with Crippen LogP contribution in [0.5, 0.6) is 0 Å². The van der Waals surface area contributed by atoms with E-state index in [1.165, 1.54) is 31.9 Å². The molecule has 3 nitrogen and oxygen atoms in total. The highest BCUT2D eigenvalue weighted by atomic mass is 32.2. The van der Waals surface area contributed by atoms with Gasteiger partial charge in [0.15, 0.2) is 0 Å². The summed E-state index contributed by atoms with van der Waals surface area (Å²) in [6.45, 7) is 3.11. The van der Waals surface area contributed by atoms with Crippen LogP contribution in [0.4, 0.5) is 0 Å². The Hall–Kier alpha value is -0.0900. The molecule has 2 saturated carbocycles.